The molecule has 1 amide bonds. The quantitative estimate of drug-likeness (QED) is 0.728. The van der Waals surface area contributed by atoms with Crippen molar-refractivity contribution < 1.29 is 14.7 Å². The molecule has 1 aromatic heterocycles. The maximum Gasteiger partial charge on any atom is 0.306 e. The monoisotopic (exact) mass is 344 g/mol. The predicted octanol–water partition coefficient (Wildman–Crippen LogP) is 1.23. The van der Waals surface area contributed by atoms with Crippen LogP contribution in [0.1, 0.15) is 19.8 Å². The van der Waals surface area contributed by atoms with Crippen LogP contribution in [0.3, 0.4) is 0 Å². The number of amides is 1. The molecule has 0 aromatic carbocycles. The summed E-state index contributed by atoms with van der Waals surface area (Å²) >= 11 is 3.23. The fourth-order valence-corrected chi connectivity index (χ4v) is 1.98. The van der Waals surface area contributed by atoms with Gasteiger partial charge in [-0.3, -0.25) is 14.4 Å². The number of halogens is 1. The normalized spacial score (nSPS) is 11.9. The van der Waals surface area contributed by atoms with E-state index >= 15 is 0 Å². The summed E-state index contributed by atoms with van der Waals surface area (Å²) in [6, 6.07) is 3.00. The Morgan fingerprint density at radius 2 is 2.15 bits per heavy atom. The molecule has 0 saturated carbocycles. The maximum atomic E-state index is 11.7. The van der Waals surface area contributed by atoms with Crippen molar-refractivity contribution in [3.63, 3.8) is 0 Å². The van der Waals surface area contributed by atoms with Crippen molar-refractivity contribution in [1.82, 2.24) is 9.88 Å². The molecular formula is C13H17BrN2O4. The first-order chi connectivity index (χ1) is 9.40. The number of hydrogen-bond acceptors (Lipinski definition) is 3. The number of carboxylic acid groups (broad SMARTS) is 1. The average Bonchev–Trinajstić information content (AvgIpc) is 2.38. The molecule has 0 bridgehead atoms. The van der Waals surface area contributed by atoms with Crippen molar-refractivity contribution in [2.75, 3.05) is 6.54 Å². The molecule has 20 heavy (non-hydrogen) atoms. The maximum absolute atomic E-state index is 11.7. The molecule has 1 heterocycles. The number of carboxylic acids is 1. The van der Waals surface area contributed by atoms with Gasteiger partial charge in [-0.25, -0.2) is 0 Å². The van der Waals surface area contributed by atoms with Gasteiger partial charge in [0.2, 0.25) is 5.91 Å². The predicted molar refractivity (Wildman–Crippen MR) is 77.4 cm³/mol. The number of hydrogen-bond donors (Lipinski definition) is 2. The van der Waals surface area contributed by atoms with E-state index in [0.29, 0.717) is 19.4 Å². The van der Waals surface area contributed by atoms with Gasteiger partial charge in [-0.2, -0.15) is 0 Å². The first kappa shape index (κ1) is 16.4. The lowest BCUT2D eigenvalue weighted by Gasteiger charge is -2.09. The lowest BCUT2D eigenvalue weighted by Crippen LogP contribution is -2.32. The summed E-state index contributed by atoms with van der Waals surface area (Å²) in [5.41, 5.74) is -0.247. The van der Waals surface area contributed by atoms with Crippen LogP contribution in [0.25, 0.3) is 0 Å². The minimum Gasteiger partial charge on any atom is -0.481 e. The van der Waals surface area contributed by atoms with Crippen LogP contribution in [-0.2, 0) is 16.1 Å². The van der Waals surface area contributed by atoms with Crippen molar-refractivity contribution in [1.29, 1.82) is 0 Å². The molecule has 1 atom stereocenters. The number of aromatic nitrogens is 1. The van der Waals surface area contributed by atoms with E-state index in [1.807, 2.05) is 0 Å². The average molecular weight is 345 g/mol. The number of rotatable bonds is 7. The van der Waals surface area contributed by atoms with Gasteiger partial charge < -0.3 is 15.0 Å². The van der Waals surface area contributed by atoms with E-state index in [4.69, 9.17) is 5.11 Å². The van der Waals surface area contributed by atoms with Gasteiger partial charge in [0.1, 0.15) is 6.54 Å². The Bertz CT molecular complexity index is 541. The van der Waals surface area contributed by atoms with Crippen molar-refractivity contribution >= 4 is 27.8 Å². The van der Waals surface area contributed by atoms with Crippen molar-refractivity contribution in [2.24, 2.45) is 5.92 Å². The third kappa shape index (κ3) is 5.56. The van der Waals surface area contributed by atoms with Gasteiger partial charge in [0, 0.05) is 23.3 Å². The van der Waals surface area contributed by atoms with Crippen LogP contribution in [-0.4, -0.2) is 28.1 Å². The summed E-state index contributed by atoms with van der Waals surface area (Å²) in [4.78, 5) is 33.8. The highest BCUT2D eigenvalue weighted by molar-refractivity contribution is 9.10. The first-order valence-corrected chi connectivity index (χ1v) is 7.05. The SMILES string of the molecule is CC(CCCNC(=O)Cn1cc(Br)ccc1=O)C(=O)O. The second-order valence-corrected chi connectivity index (χ2v) is 5.46. The summed E-state index contributed by atoms with van der Waals surface area (Å²) in [6.45, 7) is 1.98. The first-order valence-electron chi connectivity index (χ1n) is 6.25. The van der Waals surface area contributed by atoms with Crippen LogP contribution >= 0.6 is 15.9 Å². The zero-order valence-corrected chi connectivity index (χ0v) is 12.7. The summed E-state index contributed by atoms with van der Waals surface area (Å²) in [5.74, 6) is -1.52. The Labute approximate surface area is 124 Å². The van der Waals surface area contributed by atoms with Crippen LogP contribution in [0.5, 0.6) is 0 Å². The zero-order valence-electron chi connectivity index (χ0n) is 11.1. The van der Waals surface area contributed by atoms with Gasteiger partial charge in [-0.15, -0.1) is 0 Å². The highest BCUT2D eigenvalue weighted by atomic mass is 79.9. The number of aliphatic carboxylic acids is 1. The Hall–Kier alpha value is -1.63. The minimum atomic E-state index is -0.836. The standard InChI is InChI=1S/C13H17BrN2O4/c1-9(13(19)20)3-2-6-15-11(17)8-16-7-10(14)4-5-12(16)18/h4-5,7,9H,2-3,6,8H2,1H3,(H,15,17)(H,19,20). The molecule has 6 nitrogen and oxygen atoms in total. The van der Waals surface area contributed by atoms with E-state index in [1.54, 1.807) is 19.2 Å². The molecule has 0 saturated heterocycles. The van der Waals surface area contributed by atoms with E-state index in [1.165, 1.54) is 10.6 Å². The summed E-state index contributed by atoms with van der Waals surface area (Å²) in [6.07, 6.45) is 2.65. The van der Waals surface area contributed by atoms with Crippen molar-refractivity contribution in [3.8, 4) is 0 Å². The molecule has 0 aliphatic rings. The third-order valence-corrected chi connectivity index (χ3v) is 3.29. The second kappa shape index (κ2) is 7.84. The number of pyridine rings is 1. The van der Waals surface area contributed by atoms with Crippen LogP contribution in [0.4, 0.5) is 0 Å². The Morgan fingerprint density at radius 1 is 1.45 bits per heavy atom. The molecule has 2 N–H and O–H groups in total. The highest BCUT2D eigenvalue weighted by Gasteiger charge is 2.10. The van der Waals surface area contributed by atoms with Gasteiger partial charge in [0.15, 0.2) is 0 Å². The molecule has 1 unspecified atom stereocenters. The molecule has 0 aliphatic carbocycles. The summed E-state index contributed by atoms with van der Waals surface area (Å²) < 4.78 is 2.03. The fourth-order valence-electron chi connectivity index (χ4n) is 1.60. The van der Waals surface area contributed by atoms with E-state index in [2.05, 4.69) is 21.2 Å². The largest absolute Gasteiger partial charge is 0.481 e. The lowest BCUT2D eigenvalue weighted by atomic mass is 10.1. The fraction of sp³-hybridized carbons (Fsp3) is 0.462. The van der Waals surface area contributed by atoms with E-state index in [0.717, 1.165) is 4.47 Å². The lowest BCUT2D eigenvalue weighted by molar-refractivity contribution is -0.141. The van der Waals surface area contributed by atoms with E-state index < -0.39 is 11.9 Å². The smallest absolute Gasteiger partial charge is 0.306 e. The number of carbonyl (C=O) groups is 2. The van der Waals surface area contributed by atoms with Gasteiger partial charge >= 0.3 is 5.97 Å². The second-order valence-electron chi connectivity index (χ2n) is 4.54. The molecule has 0 radical (unpaired) electrons. The molecular weight excluding hydrogens is 328 g/mol. The van der Waals surface area contributed by atoms with Gasteiger partial charge in [-0.05, 0) is 34.8 Å². The minimum absolute atomic E-state index is 0.0489. The van der Waals surface area contributed by atoms with Crippen LogP contribution in [0.2, 0.25) is 0 Å². The summed E-state index contributed by atoms with van der Waals surface area (Å²) in [7, 11) is 0. The Morgan fingerprint density at radius 3 is 2.80 bits per heavy atom. The molecule has 1 rings (SSSR count). The molecule has 0 spiro atoms. The Kier molecular flexibility index (Phi) is 6.44. The number of nitrogens with one attached hydrogen (secondary N) is 1. The van der Waals surface area contributed by atoms with E-state index in [9.17, 15) is 14.4 Å². The Balaban J connectivity index is 2.35. The molecule has 0 aliphatic heterocycles. The van der Waals surface area contributed by atoms with Crippen LogP contribution in [0.15, 0.2) is 27.6 Å². The third-order valence-electron chi connectivity index (χ3n) is 2.82. The van der Waals surface area contributed by atoms with E-state index in [-0.39, 0.29) is 18.0 Å². The molecule has 110 valence electrons. The molecule has 1 aromatic rings. The molecule has 7 heteroatoms. The number of nitrogens with zero attached hydrogens (tertiary/aromatic N) is 1. The number of carbonyl (C=O) groups excluding carboxylic acids is 1. The van der Waals surface area contributed by atoms with Gasteiger partial charge in [0.25, 0.3) is 5.56 Å². The topological polar surface area (TPSA) is 88.4 Å². The zero-order chi connectivity index (χ0) is 15.1. The highest BCUT2D eigenvalue weighted by Crippen LogP contribution is 2.05. The van der Waals surface area contributed by atoms with Crippen molar-refractivity contribution in [2.45, 2.75) is 26.3 Å². The molecule has 0 fully saturated rings. The van der Waals surface area contributed by atoms with Gasteiger partial charge in [0.05, 0.1) is 5.92 Å². The van der Waals surface area contributed by atoms with Gasteiger partial charge in [-0.1, -0.05) is 6.92 Å². The van der Waals surface area contributed by atoms with Crippen molar-refractivity contribution in [3.05, 3.63) is 33.2 Å². The van der Waals surface area contributed by atoms with Crippen LogP contribution in [0, 0.1) is 5.92 Å². The summed E-state index contributed by atoms with van der Waals surface area (Å²) in [5, 5.41) is 11.4. The van der Waals surface area contributed by atoms with Crippen LogP contribution < -0.4 is 10.9 Å².